The standard InChI is InChI=1S/C22H21FN2O/c23-21-7-5-18(6-8-21)20-9-16(12-25-14-20)11-24-13-17-10-19-3-1-2-4-22(19)26-15-17/h1-9,12,14,17,24H,10-11,13,15H2/t17-/m0/s1. The van der Waals surface area contributed by atoms with Gasteiger partial charge in [-0.15, -0.1) is 0 Å². The number of nitrogens with zero attached hydrogens (tertiary/aromatic N) is 1. The number of benzene rings is 2. The number of para-hydroxylation sites is 1. The minimum absolute atomic E-state index is 0.226. The molecule has 26 heavy (non-hydrogen) atoms. The number of rotatable bonds is 5. The molecule has 1 aliphatic heterocycles. The van der Waals surface area contributed by atoms with E-state index in [1.807, 2.05) is 24.5 Å². The lowest BCUT2D eigenvalue weighted by Crippen LogP contribution is -2.31. The molecule has 0 fully saturated rings. The molecule has 0 radical (unpaired) electrons. The fourth-order valence-electron chi connectivity index (χ4n) is 3.33. The van der Waals surface area contributed by atoms with Crippen molar-refractivity contribution in [1.29, 1.82) is 0 Å². The molecule has 2 aromatic carbocycles. The van der Waals surface area contributed by atoms with Gasteiger partial charge in [0.25, 0.3) is 0 Å². The van der Waals surface area contributed by atoms with Gasteiger partial charge in [-0.2, -0.15) is 0 Å². The number of hydrogen-bond acceptors (Lipinski definition) is 3. The monoisotopic (exact) mass is 348 g/mol. The van der Waals surface area contributed by atoms with E-state index in [2.05, 4.69) is 28.5 Å². The maximum absolute atomic E-state index is 13.1. The summed E-state index contributed by atoms with van der Waals surface area (Å²) in [6, 6.07) is 16.8. The number of fused-ring (bicyclic) bond motifs is 1. The van der Waals surface area contributed by atoms with Gasteiger partial charge in [0.1, 0.15) is 11.6 Å². The zero-order valence-electron chi connectivity index (χ0n) is 14.5. The Balaban J connectivity index is 1.34. The predicted molar refractivity (Wildman–Crippen MR) is 100 cm³/mol. The quantitative estimate of drug-likeness (QED) is 0.749. The van der Waals surface area contributed by atoms with Crippen molar-refractivity contribution in [3.8, 4) is 16.9 Å². The lowest BCUT2D eigenvalue weighted by atomic mass is 9.96. The van der Waals surface area contributed by atoms with Gasteiger partial charge in [0.15, 0.2) is 0 Å². The van der Waals surface area contributed by atoms with E-state index in [0.717, 1.165) is 48.6 Å². The van der Waals surface area contributed by atoms with Crippen molar-refractivity contribution in [1.82, 2.24) is 10.3 Å². The Hall–Kier alpha value is -2.72. The van der Waals surface area contributed by atoms with Gasteiger partial charge < -0.3 is 10.1 Å². The van der Waals surface area contributed by atoms with Crippen molar-refractivity contribution in [3.05, 3.63) is 83.9 Å². The molecule has 3 nitrogen and oxygen atoms in total. The molecule has 0 saturated carbocycles. The molecule has 4 rings (SSSR count). The smallest absolute Gasteiger partial charge is 0.123 e. The summed E-state index contributed by atoms with van der Waals surface area (Å²) >= 11 is 0. The van der Waals surface area contributed by atoms with Crippen LogP contribution in [0.1, 0.15) is 11.1 Å². The predicted octanol–water partition coefficient (Wildman–Crippen LogP) is 4.23. The van der Waals surface area contributed by atoms with Crippen LogP contribution in [0.25, 0.3) is 11.1 Å². The van der Waals surface area contributed by atoms with E-state index in [1.54, 1.807) is 12.1 Å². The minimum Gasteiger partial charge on any atom is -0.493 e. The first kappa shape index (κ1) is 16.7. The Morgan fingerprint density at radius 1 is 1.04 bits per heavy atom. The van der Waals surface area contributed by atoms with Crippen LogP contribution in [-0.4, -0.2) is 18.1 Å². The highest BCUT2D eigenvalue weighted by Crippen LogP contribution is 2.26. The summed E-state index contributed by atoms with van der Waals surface area (Å²) in [4.78, 5) is 4.32. The molecule has 0 saturated heterocycles. The Labute approximate surface area is 152 Å². The van der Waals surface area contributed by atoms with Gasteiger partial charge >= 0.3 is 0 Å². The van der Waals surface area contributed by atoms with Crippen molar-refractivity contribution in [2.45, 2.75) is 13.0 Å². The maximum atomic E-state index is 13.1. The molecule has 0 spiro atoms. The Kier molecular flexibility index (Phi) is 4.93. The first-order valence-electron chi connectivity index (χ1n) is 8.89. The normalized spacial score (nSPS) is 16.0. The first-order valence-corrected chi connectivity index (χ1v) is 8.89. The van der Waals surface area contributed by atoms with E-state index >= 15 is 0 Å². The lowest BCUT2D eigenvalue weighted by molar-refractivity contribution is 0.218. The lowest BCUT2D eigenvalue weighted by Gasteiger charge is -2.25. The molecule has 3 aromatic rings. The van der Waals surface area contributed by atoms with Crippen LogP contribution in [-0.2, 0) is 13.0 Å². The SMILES string of the molecule is Fc1ccc(-c2cncc(CNC[C@H]3COc4ccccc4C3)c2)cc1. The highest BCUT2D eigenvalue weighted by Gasteiger charge is 2.18. The highest BCUT2D eigenvalue weighted by atomic mass is 19.1. The van der Waals surface area contributed by atoms with Gasteiger partial charge in [0.05, 0.1) is 6.61 Å². The average molecular weight is 348 g/mol. The first-order chi connectivity index (χ1) is 12.8. The van der Waals surface area contributed by atoms with E-state index in [-0.39, 0.29) is 5.82 Å². The number of aromatic nitrogens is 1. The Bertz CT molecular complexity index is 879. The third-order valence-electron chi connectivity index (χ3n) is 4.69. The molecule has 4 heteroatoms. The molecular weight excluding hydrogens is 327 g/mol. The van der Waals surface area contributed by atoms with Crippen molar-refractivity contribution in [2.24, 2.45) is 5.92 Å². The van der Waals surface area contributed by atoms with Crippen LogP contribution in [0.2, 0.25) is 0 Å². The summed E-state index contributed by atoms with van der Waals surface area (Å²) < 4.78 is 18.9. The Morgan fingerprint density at radius 2 is 1.88 bits per heavy atom. The molecule has 0 aliphatic carbocycles. The van der Waals surface area contributed by atoms with E-state index in [4.69, 9.17) is 4.74 Å². The van der Waals surface area contributed by atoms with Crippen LogP contribution >= 0.6 is 0 Å². The maximum Gasteiger partial charge on any atom is 0.123 e. The number of nitrogens with one attached hydrogen (secondary N) is 1. The molecule has 0 unspecified atom stereocenters. The van der Waals surface area contributed by atoms with Gasteiger partial charge in [-0.25, -0.2) is 4.39 Å². The summed E-state index contributed by atoms with van der Waals surface area (Å²) in [5.41, 5.74) is 4.37. The fourth-order valence-corrected chi connectivity index (χ4v) is 3.33. The van der Waals surface area contributed by atoms with Crippen LogP contribution in [0.3, 0.4) is 0 Å². The zero-order chi connectivity index (χ0) is 17.8. The van der Waals surface area contributed by atoms with E-state index in [1.165, 1.54) is 17.7 Å². The average Bonchev–Trinajstić information content (AvgIpc) is 2.69. The molecule has 2 heterocycles. The topological polar surface area (TPSA) is 34.2 Å². The van der Waals surface area contributed by atoms with E-state index in [0.29, 0.717) is 5.92 Å². The number of hydrogen-bond donors (Lipinski definition) is 1. The highest BCUT2D eigenvalue weighted by molar-refractivity contribution is 5.62. The largest absolute Gasteiger partial charge is 0.493 e. The molecule has 1 aromatic heterocycles. The van der Waals surface area contributed by atoms with Crippen LogP contribution in [0, 0.1) is 11.7 Å². The van der Waals surface area contributed by atoms with Crippen LogP contribution in [0.4, 0.5) is 4.39 Å². The van der Waals surface area contributed by atoms with Crippen LogP contribution in [0.5, 0.6) is 5.75 Å². The third-order valence-corrected chi connectivity index (χ3v) is 4.69. The van der Waals surface area contributed by atoms with Crippen LogP contribution < -0.4 is 10.1 Å². The second kappa shape index (κ2) is 7.67. The third kappa shape index (κ3) is 3.92. The summed E-state index contributed by atoms with van der Waals surface area (Å²) in [6.07, 6.45) is 4.71. The summed E-state index contributed by atoms with van der Waals surface area (Å²) in [5, 5.41) is 3.51. The minimum atomic E-state index is -0.226. The molecule has 1 aliphatic rings. The fraction of sp³-hybridized carbons (Fsp3) is 0.227. The van der Waals surface area contributed by atoms with Gasteiger partial charge in [0.2, 0.25) is 0 Å². The van der Waals surface area contributed by atoms with Crippen molar-refractivity contribution in [3.63, 3.8) is 0 Å². The van der Waals surface area contributed by atoms with E-state index in [9.17, 15) is 4.39 Å². The molecule has 132 valence electrons. The number of ether oxygens (including phenoxy) is 1. The molecular formula is C22H21FN2O. The van der Waals surface area contributed by atoms with Gasteiger partial charge in [-0.3, -0.25) is 4.98 Å². The summed E-state index contributed by atoms with van der Waals surface area (Å²) in [6.45, 7) is 2.40. The molecule has 1 N–H and O–H groups in total. The second-order valence-corrected chi connectivity index (χ2v) is 6.71. The van der Waals surface area contributed by atoms with Gasteiger partial charge in [0, 0.05) is 37.0 Å². The second-order valence-electron chi connectivity index (χ2n) is 6.71. The zero-order valence-corrected chi connectivity index (χ0v) is 14.5. The van der Waals surface area contributed by atoms with E-state index < -0.39 is 0 Å². The van der Waals surface area contributed by atoms with Crippen molar-refractivity contribution >= 4 is 0 Å². The van der Waals surface area contributed by atoms with Gasteiger partial charge in [-0.1, -0.05) is 30.3 Å². The van der Waals surface area contributed by atoms with Crippen molar-refractivity contribution < 1.29 is 9.13 Å². The number of halogens is 1. The molecule has 0 bridgehead atoms. The molecule has 1 atom stereocenters. The Morgan fingerprint density at radius 3 is 2.77 bits per heavy atom. The van der Waals surface area contributed by atoms with Gasteiger partial charge in [-0.05, 0) is 47.4 Å². The number of pyridine rings is 1. The van der Waals surface area contributed by atoms with Crippen molar-refractivity contribution in [2.75, 3.05) is 13.2 Å². The summed E-state index contributed by atoms with van der Waals surface area (Å²) in [5.74, 6) is 1.26. The van der Waals surface area contributed by atoms with Crippen LogP contribution in [0.15, 0.2) is 67.0 Å². The summed E-state index contributed by atoms with van der Waals surface area (Å²) in [7, 11) is 0. The molecule has 0 amide bonds.